The first-order valence-electron chi connectivity index (χ1n) is 11.2. The summed E-state index contributed by atoms with van der Waals surface area (Å²) >= 11 is 1.52. The molecule has 0 aromatic heterocycles. The molecule has 2 aromatic rings. The highest BCUT2D eigenvalue weighted by Gasteiger charge is 2.39. The minimum atomic E-state index is -3.82. The Kier molecular flexibility index (Phi) is 7.90. The standard InChI is InChI=1S/C24H26N2O7S2/c1-16-4-2-5-17(14-16)35(30,31)33-11-10-32-12-13-34-21-7-3-6-18-19(21)15-26(24(18)29)20-8-9-22(27)25-23(20)28/h2-7,14,20H,8-13,15H2,1H3,(H,25,27,28). The van der Waals surface area contributed by atoms with E-state index in [4.69, 9.17) is 8.92 Å². The molecule has 3 amide bonds. The first kappa shape index (κ1) is 25.4. The predicted molar refractivity (Wildman–Crippen MR) is 128 cm³/mol. The fourth-order valence-electron chi connectivity index (χ4n) is 4.05. The molecule has 2 aliphatic heterocycles. The van der Waals surface area contributed by atoms with Crippen molar-refractivity contribution in [2.45, 2.75) is 42.1 Å². The second-order valence-corrected chi connectivity index (χ2v) is 11.0. The first-order chi connectivity index (χ1) is 16.8. The Morgan fingerprint density at radius 1 is 1.09 bits per heavy atom. The molecule has 1 N–H and O–H groups in total. The van der Waals surface area contributed by atoms with Crippen LogP contribution in [0.4, 0.5) is 0 Å². The molecule has 0 radical (unpaired) electrons. The highest BCUT2D eigenvalue weighted by molar-refractivity contribution is 7.99. The number of rotatable bonds is 10. The van der Waals surface area contributed by atoms with Gasteiger partial charge in [-0.3, -0.25) is 23.9 Å². The van der Waals surface area contributed by atoms with Crippen LogP contribution in [0.25, 0.3) is 0 Å². The number of imide groups is 1. The number of fused-ring (bicyclic) bond motifs is 1. The molecule has 1 saturated heterocycles. The smallest absolute Gasteiger partial charge is 0.297 e. The van der Waals surface area contributed by atoms with Crippen molar-refractivity contribution in [2.75, 3.05) is 25.6 Å². The monoisotopic (exact) mass is 518 g/mol. The number of aryl methyl sites for hydroxylation is 1. The van der Waals surface area contributed by atoms with Gasteiger partial charge in [-0.05, 0) is 48.7 Å². The van der Waals surface area contributed by atoms with Gasteiger partial charge in [-0.2, -0.15) is 8.42 Å². The summed E-state index contributed by atoms with van der Waals surface area (Å²) < 4.78 is 35.0. The van der Waals surface area contributed by atoms with Gasteiger partial charge in [0.15, 0.2) is 0 Å². The van der Waals surface area contributed by atoms with E-state index in [2.05, 4.69) is 5.32 Å². The molecule has 1 fully saturated rings. The zero-order chi connectivity index (χ0) is 25.0. The van der Waals surface area contributed by atoms with E-state index in [0.29, 0.717) is 30.9 Å². The summed E-state index contributed by atoms with van der Waals surface area (Å²) in [5.41, 5.74) is 2.26. The van der Waals surface area contributed by atoms with Crippen molar-refractivity contribution in [3.63, 3.8) is 0 Å². The van der Waals surface area contributed by atoms with Crippen LogP contribution in [0.2, 0.25) is 0 Å². The molecule has 1 atom stereocenters. The number of piperidine rings is 1. The van der Waals surface area contributed by atoms with Gasteiger partial charge in [0.25, 0.3) is 16.0 Å². The molecule has 9 nitrogen and oxygen atoms in total. The molecule has 0 bridgehead atoms. The van der Waals surface area contributed by atoms with Crippen molar-refractivity contribution in [1.82, 2.24) is 10.2 Å². The van der Waals surface area contributed by atoms with Crippen LogP contribution in [0.15, 0.2) is 52.3 Å². The minimum absolute atomic E-state index is 0.0862. The average molecular weight is 519 g/mol. The summed E-state index contributed by atoms with van der Waals surface area (Å²) in [6.45, 7) is 2.53. The fraction of sp³-hybridized carbons (Fsp3) is 0.375. The SMILES string of the molecule is Cc1cccc(S(=O)(=O)OCCOCCSc2cccc3c2CN(C2CCC(=O)NC2=O)C3=O)c1. The van der Waals surface area contributed by atoms with Gasteiger partial charge >= 0.3 is 0 Å². The van der Waals surface area contributed by atoms with E-state index >= 15 is 0 Å². The highest BCUT2D eigenvalue weighted by Crippen LogP contribution is 2.34. The van der Waals surface area contributed by atoms with Crippen molar-refractivity contribution in [1.29, 1.82) is 0 Å². The Bertz CT molecular complexity index is 1250. The van der Waals surface area contributed by atoms with E-state index in [9.17, 15) is 22.8 Å². The number of hydrogen-bond acceptors (Lipinski definition) is 8. The summed E-state index contributed by atoms with van der Waals surface area (Å²) in [5, 5.41) is 2.31. The minimum Gasteiger partial charge on any atom is -0.378 e. The summed E-state index contributed by atoms with van der Waals surface area (Å²) in [6, 6.07) is 11.3. The van der Waals surface area contributed by atoms with Gasteiger partial charge in [0.05, 0.1) is 24.7 Å². The van der Waals surface area contributed by atoms with Crippen molar-refractivity contribution in [3.05, 3.63) is 59.2 Å². The molecule has 186 valence electrons. The lowest BCUT2D eigenvalue weighted by Gasteiger charge is -2.29. The van der Waals surface area contributed by atoms with Crippen molar-refractivity contribution in [3.8, 4) is 0 Å². The van der Waals surface area contributed by atoms with Gasteiger partial charge in [0, 0.05) is 29.2 Å². The van der Waals surface area contributed by atoms with Crippen molar-refractivity contribution >= 4 is 39.6 Å². The van der Waals surface area contributed by atoms with E-state index < -0.39 is 22.1 Å². The number of hydrogen-bond donors (Lipinski definition) is 1. The number of benzene rings is 2. The number of carbonyl (C=O) groups excluding carboxylic acids is 3. The molecule has 35 heavy (non-hydrogen) atoms. The molecule has 2 heterocycles. The summed E-state index contributed by atoms with van der Waals surface area (Å²) in [5.74, 6) is -0.366. The molecular formula is C24H26N2O7S2. The lowest BCUT2D eigenvalue weighted by Crippen LogP contribution is -2.52. The van der Waals surface area contributed by atoms with Crippen LogP contribution in [0.1, 0.15) is 34.3 Å². The predicted octanol–water partition coefficient (Wildman–Crippen LogP) is 2.27. The Hall–Kier alpha value is -2.73. The number of thioether (sulfide) groups is 1. The topological polar surface area (TPSA) is 119 Å². The number of carbonyl (C=O) groups is 3. The van der Waals surface area contributed by atoms with Crippen LogP contribution in [-0.4, -0.2) is 62.7 Å². The molecule has 1 unspecified atom stereocenters. The van der Waals surface area contributed by atoms with Crippen LogP contribution in [0.5, 0.6) is 0 Å². The molecule has 0 aliphatic carbocycles. The quantitative estimate of drug-likeness (QED) is 0.220. The molecular weight excluding hydrogens is 492 g/mol. The average Bonchev–Trinajstić information content (AvgIpc) is 3.15. The summed E-state index contributed by atoms with van der Waals surface area (Å²) in [4.78, 5) is 39.1. The van der Waals surface area contributed by atoms with Crippen LogP contribution < -0.4 is 5.32 Å². The highest BCUT2D eigenvalue weighted by atomic mass is 32.2. The van der Waals surface area contributed by atoms with Crippen LogP contribution in [0.3, 0.4) is 0 Å². The van der Waals surface area contributed by atoms with E-state index in [1.54, 1.807) is 24.3 Å². The lowest BCUT2D eigenvalue weighted by molar-refractivity contribution is -0.136. The second kappa shape index (κ2) is 10.9. The molecule has 4 rings (SSSR count). The Morgan fingerprint density at radius 2 is 1.89 bits per heavy atom. The van der Waals surface area contributed by atoms with E-state index in [0.717, 1.165) is 16.0 Å². The van der Waals surface area contributed by atoms with Crippen molar-refractivity contribution in [2.24, 2.45) is 0 Å². The number of ether oxygens (including phenoxy) is 1. The molecule has 0 spiro atoms. The maximum atomic E-state index is 12.9. The van der Waals surface area contributed by atoms with Gasteiger partial charge < -0.3 is 9.64 Å². The third kappa shape index (κ3) is 5.92. The third-order valence-corrected chi connectivity index (χ3v) is 8.14. The Morgan fingerprint density at radius 3 is 2.66 bits per heavy atom. The Labute approximate surface area is 208 Å². The Balaban J connectivity index is 1.24. The maximum absolute atomic E-state index is 12.9. The number of amides is 3. The summed E-state index contributed by atoms with van der Waals surface area (Å²) in [6.07, 6.45) is 0.536. The van der Waals surface area contributed by atoms with E-state index in [-0.39, 0.29) is 36.3 Å². The lowest BCUT2D eigenvalue weighted by atomic mass is 10.0. The molecule has 11 heteroatoms. The van der Waals surface area contributed by atoms with Crippen LogP contribution in [0, 0.1) is 6.92 Å². The van der Waals surface area contributed by atoms with Gasteiger partial charge in [-0.15, -0.1) is 11.8 Å². The molecule has 2 aliphatic rings. The molecule has 2 aromatic carbocycles. The normalized spacial score (nSPS) is 18.0. The number of nitrogens with zero attached hydrogens (tertiary/aromatic N) is 1. The van der Waals surface area contributed by atoms with Gasteiger partial charge in [-0.1, -0.05) is 18.2 Å². The number of nitrogens with one attached hydrogen (secondary N) is 1. The van der Waals surface area contributed by atoms with Crippen LogP contribution >= 0.6 is 11.8 Å². The van der Waals surface area contributed by atoms with Crippen LogP contribution in [-0.2, 0) is 35.2 Å². The molecule has 0 saturated carbocycles. The fourth-order valence-corrected chi connectivity index (χ4v) is 5.99. The maximum Gasteiger partial charge on any atom is 0.297 e. The zero-order valence-corrected chi connectivity index (χ0v) is 20.8. The van der Waals surface area contributed by atoms with Crippen molar-refractivity contribution < 1.29 is 31.7 Å². The largest absolute Gasteiger partial charge is 0.378 e. The first-order valence-corrected chi connectivity index (χ1v) is 13.6. The van der Waals surface area contributed by atoms with E-state index in [1.165, 1.54) is 22.7 Å². The zero-order valence-electron chi connectivity index (χ0n) is 19.2. The van der Waals surface area contributed by atoms with E-state index in [1.807, 2.05) is 19.1 Å². The van der Waals surface area contributed by atoms with Gasteiger partial charge in [0.2, 0.25) is 11.8 Å². The van der Waals surface area contributed by atoms with Gasteiger partial charge in [-0.25, -0.2) is 0 Å². The third-order valence-electron chi connectivity index (χ3n) is 5.77. The summed E-state index contributed by atoms with van der Waals surface area (Å²) in [7, 11) is -3.82. The second-order valence-electron chi connectivity index (χ2n) is 8.24. The van der Waals surface area contributed by atoms with Gasteiger partial charge in [0.1, 0.15) is 6.04 Å².